The van der Waals surface area contributed by atoms with Crippen LogP contribution in [0.4, 0.5) is 0 Å². The summed E-state index contributed by atoms with van der Waals surface area (Å²) in [6, 6.07) is -0.508. The molecule has 5 nitrogen and oxygen atoms in total. The SMILES string of the molecule is CCC1(C(=O)O)CCN(C(=O)C(N)CC(C)C)C1. The normalized spacial score (nSPS) is 25.5. The van der Waals surface area contributed by atoms with Gasteiger partial charge in [-0.1, -0.05) is 20.8 Å². The zero-order valence-electron chi connectivity index (χ0n) is 11.5. The van der Waals surface area contributed by atoms with Crippen molar-refractivity contribution in [2.24, 2.45) is 17.1 Å². The molecule has 1 aliphatic rings. The lowest BCUT2D eigenvalue weighted by Crippen LogP contribution is -2.45. The molecule has 1 rings (SSSR count). The van der Waals surface area contributed by atoms with Gasteiger partial charge in [0.15, 0.2) is 0 Å². The van der Waals surface area contributed by atoms with Crippen LogP contribution in [-0.2, 0) is 9.59 Å². The van der Waals surface area contributed by atoms with E-state index in [0.717, 1.165) is 0 Å². The molecule has 1 heterocycles. The Morgan fingerprint density at radius 1 is 1.44 bits per heavy atom. The van der Waals surface area contributed by atoms with Gasteiger partial charge in [0.1, 0.15) is 0 Å². The van der Waals surface area contributed by atoms with E-state index in [9.17, 15) is 14.7 Å². The number of likely N-dealkylation sites (tertiary alicyclic amines) is 1. The molecule has 0 aromatic carbocycles. The third-order valence-electron chi connectivity index (χ3n) is 3.84. The standard InChI is InChI=1S/C13H24N2O3/c1-4-13(12(17)18)5-6-15(8-13)11(16)10(14)7-9(2)3/h9-10H,4-8,14H2,1-3H3,(H,17,18). The van der Waals surface area contributed by atoms with E-state index in [-0.39, 0.29) is 5.91 Å². The van der Waals surface area contributed by atoms with Gasteiger partial charge in [0.05, 0.1) is 11.5 Å². The van der Waals surface area contributed by atoms with E-state index in [2.05, 4.69) is 0 Å². The summed E-state index contributed by atoms with van der Waals surface area (Å²) in [5.41, 5.74) is 5.09. The Hall–Kier alpha value is -1.10. The molecule has 0 aromatic heterocycles. The average Bonchev–Trinajstić information content (AvgIpc) is 2.72. The van der Waals surface area contributed by atoms with Gasteiger partial charge in [0.2, 0.25) is 5.91 Å². The van der Waals surface area contributed by atoms with Crippen LogP contribution in [0.5, 0.6) is 0 Å². The molecule has 0 aromatic rings. The molecule has 1 saturated heterocycles. The van der Waals surface area contributed by atoms with Crippen molar-refractivity contribution in [3.05, 3.63) is 0 Å². The number of carbonyl (C=O) groups excluding carboxylic acids is 1. The van der Waals surface area contributed by atoms with E-state index < -0.39 is 17.4 Å². The number of carbonyl (C=O) groups is 2. The number of nitrogens with zero attached hydrogens (tertiary/aromatic N) is 1. The second kappa shape index (κ2) is 5.69. The molecule has 2 unspecified atom stereocenters. The van der Waals surface area contributed by atoms with Crippen LogP contribution in [0.3, 0.4) is 0 Å². The molecule has 104 valence electrons. The van der Waals surface area contributed by atoms with Gasteiger partial charge in [0, 0.05) is 13.1 Å². The summed E-state index contributed by atoms with van der Waals surface area (Å²) >= 11 is 0. The van der Waals surface area contributed by atoms with Crippen LogP contribution in [0.2, 0.25) is 0 Å². The number of carboxylic acids is 1. The summed E-state index contributed by atoms with van der Waals surface area (Å²) in [6.45, 7) is 6.69. The van der Waals surface area contributed by atoms with Gasteiger partial charge in [-0.3, -0.25) is 9.59 Å². The minimum atomic E-state index is -0.808. The lowest BCUT2D eigenvalue weighted by molar-refractivity contribution is -0.148. The Labute approximate surface area is 108 Å². The highest BCUT2D eigenvalue weighted by Gasteiger charge is 2.45. The van der Waals surface area contributed by atoms with Crippen molar-refractivity contribution in [1.29, 1.82) is 0 Å². The first-order valence-corrected chi connectivity index (χ1v) is 6.60. The molecule has 1 amide bonds. The zero-order valence-corrected chi connectivity index (χ0v) is 11.5. The Kier molecular flexibility index (Phi) is 4.73. The lowest BCUT2D eigenvalue weighted by atomic mass is 9.84. The van der Waals surface area contributed by atoms with Gasteiger partial charge >= 0.3 is 5.97 Å². The van der Waals surface area contributed by atoms with E-state index in [1.807, 2.05) is 20.8 Å². The third-order valence-corrected chi connectivity index (χ3v) is 3.84. The number of hydrogen-bond donors (Lipinski definition) is 2. The van der Waals surface area contributed by atoms with Crippen LogP contribution in [0.15, 0.2) is 0 Å². The van der Waals surface area contributed by atoms with Crippen molar-refractivity contribution in [2.75, 3.05) is 13.1 Å². The monoisotopic (exact) mass is 256 g/mol. The van der Waals surface area contributed by atoms with Gasteiger partial charge in [-0.2, -0.15) is 0 Å². The second-order valence-electron chi connectivity index (χ2n) is 5.68. The van der Waals surface area contributed by atoms with Crippen LogP contribution in [0.25, 0.3) is 0 Å². The number of aliphatic carboxylic acids is 1. The molecular weight excluding hydrogens is 232 g/mol. The Balaban J connectivity index is 2.66. The van der Waals surface area contributed by atoms with Gasteiger partial charge in [-0.05, 0) is 25.2 Å². The number of amides is 1. The predicted octanol–water partition coefficient (Wildman–Crippen LogP) is 1.07. The number of rotatable bonds is 5. The summed E-state index contributed by atoms with van der Waals surface area (Å²) in [5, 5.41) is 9.28. The van der Waals surface area contributed by atoms with Crippen molar-refractivity contribution < 1.29 is 14.7 Å². The maximum Gasteiger partial charge on any atom is 0.311 e. The van der Waals surface area contributed by atoms with Crippen molar-refractivity contribution in [1.82, 2.24) is 4.90 Å². The van der Waals surface area contributed by atoms with E-state index in [1.165, 1.54) is 0 Å². The van der Waals surface area contributed by atoms with Crippen molar-refractivity contribution >= 4 is 11.9 Å². The van der Waals surface area contributed by atoms with Gasteiger partial charge in [0.25, 0.3) is 0 Å². The van der Waals surface area contributed by atoms with E-state index in [4.69, 9.17) is 5.73 Å². The molecule has 18 heavy (non-hydrogen) atoms. The molecule has 1 aliphatic heterocycles. The number of carboxylic acid groups (broad SMARTS) is 1. The largest absolute Gasteiger partial charge is 0.481 e. The highest BCUT2D eigenvalue weighted by atomic mass is 16.4. The number of hydrogen-bond acceptors (Lipinski definition) is 3. The molecule has 0 spiro atoms. The minimum Gasteiger partial charge on any atom is -0.481 e. The van der Waals surface area contributed by atoms with Crippen LogP contribution in [-0.4, -0.2) is 41.0 Å². The highest BCUT2D eigenvalue weighted by Crippen LogP contribution is 2.34. The fraction of sp³-hybridized carbons (Fsp3) is 0.846. The van der Waals surface area contributed by atoms with E-state index in [1.54, 1.807) is 4.90 Å². The third kappa shape index (κ3) is 3.02. The fourth-order valence-corrected chi connectivity index (χ4v) is 2.52. The van der Waals surface area contributed by atoms with Crippen molar-refractivity contribution in [3.63, 3.8) is 0 Å². The van der Waals surface area contributed by atoms with Crippen LogP contribution >= 0.6 is 0 Å². The summed E-state index contributed by atoms with van der Waals surface area (Å²) in [4.78, 5) is 25.0. The Morgan fingerprint density at radius 2 is 2.06 bits per heavy atom. The summed E-state index contributed by atoms with van der Waals surface area (Å²) in [6.07, 6.45) is 1.71. The summed E-state index contributed by atoms with van der Waals surface area (Å²) in [5.74, 6) is -0.556. The lowest BCUT2D eigenvalue weighted by Gasteiger charge is -2.25. The molecule has 1 fully saturated rings. The maximum atomic E-state index is 12.1. The molecule has 0 bridgehead atoms. The number of nitrogens with two attached hydrogens (primary N) is 1. The molecular formula is C13H24N2O3. The quantitative estimate of drug-likeness (QED) is 0.770. The van der Waals surface area contributed by atoms with Crippen LogP contribution in [0.1, 0.15) is 40.0 Å². The first kappa shape index (κ1) is 15.0. The Morgan fingerprint density at radius 3 is 2.44 bits per heavy atom. The molecule has 3 N–H and O–H groups in total. The van der Waals surface area contributed by atoms with Gasteiger partial charge in [-0.15, -0.1) is 0 Å². The molecule has 0 saturated carbocycles. The minimum absolute atomic E-state index is 0.111. The van der Waals surface area contributed by atoms with Crippen LogP contribution < -0.4 is 5.73 Å². The fourth-order valence-electron chi connectivity index (χ4n) is 2.52. The second-order valence-corrected chi connectivity index (χ2v) is 5.68. The zero-order chi connectivity index (χ0) is 13.9. The van der Waals surface area contributed by atoms with Gasteiger partial charge in [-0.25, -0.2) is 0 Å². The molecule has 5 heteroatoms. The van der Waals surface area contributed by atoms with E-state index in [0.29, 0.717) is 38.3 Å². The van der Waals surface area contributed by atoms with Gasteiger partial charge < -0.3 is 15.7 Å². The average molecular weight is 256 g/mol. The van der Waals surface area contributed by atoms with Crippen molar-refractivity contribution in [2.45, 2.75) is 46.1 Å². The van der Waals surface area contributed by atoms with Crippen LogP contribution in [0, 0.1) is 11.3 Å². The summed E-state index contributed by atoms with van der Waals surface area (Å²) < 4.78 is 0. The topological polar surface area (TPSA) is 83.6 Å². The molecule has 2 atom stereocenters. The smallest absolute Gasteiger partial charge is 0.311 e. The van der Waals surface area contributed by atoms with E-state index >= 15 is 0 Å². The highest BCUT2D eigenvalue weighted by molar-refractivity contribution is 5.84. The van der Waals surface area contributed by atoms with Crippen molar-refractivity contribution in [3.8, 4) is 0 Å². The molecule has 0 radical (unpaired) electrons. The summed E-state index contributed by atoms with van der Waals surface area (Å²) in [7, 11) is 0. The predicted molar refractivity (Wildman–Crippen MR) is 69.0 cm³/mol. The Bertz CT molecular complexity index is 330. The molecule has 0 aliphatic carbocycles. The first-order valence-electron chi connectivity index (χ1n) is 6.60. The maximum absolute atomic E-state index is 12.1. The first-order chi connectivity index (χ1) is 8.32.